The van der Waals surface area contributed by atoms with E-state index in [4.69, 9.17) is 4.74 Å². The van der Waals surface area contributed by atoms with Gasteiger partial charge >= 0.3 is 6.18 Å². The highest BCUT2D eigenvalue weighted by atomic mass is 19.4. The molecule has 0 aliphatic carbocycles. The normalized spacial score (nSPS) is 12.6. The minimum atomic E-state index is -4.44. The lowest BCUT2D eigenvalue weighted by Crippen LogP contribution is -2.16. The first kappa shape index (κ1) is 17.3. The highest BCUT2D eigenvalue weighted by Crippen LogP contribution is 2.33. The van der Waals surface area contributed by atoms with Crippen molar-refractivity contribution in [1.29, 1.82) is 0 Å². The van der Waals surface area contributed by atoms with Crippen LogP contribution in [0.2, 0.25) is 0 Å². The predicted molar refractivity (Wildman–Crippen MR) is 89.1 cm³/mol. The van der Waals surface area contributed by atoms with E-state index in [2.05, 4.69) is 10.1 Å². The largest absolute Gasteiger partial charge is 0.497 e. The van der Waals surface area contributed by atoms with Crippen LogP contribution in [0.5, 0.6) is 5.75 Å². The molecule has 3 rings (SSSR count). The molecule has 0 amide bonds. The second-order valence-corrected chi connectivity index (χ2v) is 6.84. The molecule has 3 aromatic rings. The minimum Gasteiger partial charge on any atom is -0.497 e. The van der Waals surface area contributed by atoms with Gasteiger partial charge in [0.15, 0.2) is 5.82 Å². The zero-order chi connectivity index (χ0) is 18.4. The number of hydrogen-bond donors (Lipinski definition) is 0. The summed E-state index contributed by atoms with van der Waals surface area (Å²) in [7, 11) is 1.57. The molecule has 0 bridgehead atoms. The fourth-order valence-corrected chi connectivity index (χ4v) is 2.63. The van der Waals surface area contributed by atoms with E-state index < -0.39 is 11.7 Å². The number of fused-ring (bicyclic) bond motifs is 1. The van der Waals surface area contributed by atoms with Crippen LogP contribution in [0.3, 0.4) is 0 Å². The molecule has 2 aromatic heterocycles. The first-order valence-electron chi connectivity index (χ1n) is 7.71. The van der Waals surface area contributed by atoms with Gasteiger partial charge < -0.3 is 4.74 Å². The first-order valence-corrected chi connectivity index (χ1v) is 7.71. The molecule has 4 nitrogen and oxygen atoms in total. The molecule has 132 valence electrons. The van der Waals surface area contributed by atoms with Gasteiger partial charge in [-0.15, -0.1) is 0 Å². The lowest BCUT2D eigenvalue weighted by molar-refractivity contribution is -0.137. The summed E-state index contributed by atoms with van der Waals surface area (Å²) in [6.45, 7) is 6.02. The second kappa shape index (κ2) is 5.75. The molecule has 25 heavy (non-hydrogen) atoms. The molecule has 0 aliphatic rings. The van der Waals surface area contributed by atoms with Crippen molar-refractivity contribution in [3.05, 3.63) is 47.9 Å². The van der Waals surface area contributed by atoms with Crippen molar-refractivity contribution >= 4 is 10.8 Å². The summed E-state index contributed by atoms with van der Waals surface area (Å²) in [4.78, 5) is 4.59. The van der Waals surface area contributed by atoms with Crippen LogP contribution in [0, 0.1) is 0 Å². The Kier molecular flexibility index (Phi) is 3.97. The van der Waals surface area contributed by atoms with Crippen molar-refractivity contribution in [1.82, 2.24) is 14.8 Å². The van der Waals surface area contributed by atoms with Crippen molar-refractivity contribution in [2.45, 2.75) is 32.4 Å². The summed E-state index contributed by atoms with van der Waals surface area (Å²) < 4.78 is 44.9. The summed E-state index contributed by atoms with van der Waals surface area (Å²) in [6, 6.07) is 7.30. The Balaban J connectivity index is 2.23. The molecule has 2 heterocycles. The number of methoxy groups -OCH3 is 1. The van der Waals surface area contributed by atoms with E-state index in [1.807, 2.05) is 39.0 Å². The molecule has 0 fully saturated rings. The SMILES string of the molecule is COc1ccc2c(C(C)(C)C)nc(-n3cc(C(F)(F)F)cn3)cc2c1. The predicted octanol–water partition coefficient (Wildman–Crippen LogP) is 4.75. The van der Waals surface area contributed by atoms with E-state index in [0.29, 0.717) is 11.6 Å². The molecule has 0 saturated carbocycles. The highest BCUT2D eigenvalue weighted by Gasteiger charge is 2.32. The summed E-state index contributed by atoms with van der Waals surface area (Å²) >= 11 is 0. The zero-order valence-corrected chi connectivity index (χ0v) is 14.3. The number of alkyl halides is 3. The molecule has 1 aromatic carbocycles. The fraction of sp³-hybridized carbons (Fsp3) is 0.333. The van der Waals surface area contributed by atoms with E-state index >= 15 is 0 Å². The average Bonchev–Trinajstić information content (AvgIpc) is 3.02. The maximum absolute atomic E-state index is 12.8. The van der Waals surface area contributed by atoms with Crippen molar-refractivity contribution < 1.29 is 17.9 Å². The van der Waals surface area contributed by atoms with E-state index in [1.54, 1.807) is 13.2 Å². The van der Waals surface area contributed by atoms with Crippen molar-refractivity contribution in [2.24, 2.45) is 0 Å². The monoisotopic (exact) mass is 349 g/mol. The number of ether oxygens (including phenoxy) is 1. The number of halogens is 3. The van der Waals surface area contributed by atoms with E-state index in [0.717, 1.165) is 33.5 Å². The number of nitrogens with zero attached hydrogens (tertiary/aromatic N) is 3. The highest BCUT2D eigenvalue weighted by molar-refractivity contribution is 5.88. The molecule has 0 N–H and O–H groups in total. The summed E-state index contributed by atoms with van der Waals surface area (Å²) in [5.41, 5.74) is -0.313. The minimum absolute atomic E-state index is 0.289. The fourth-order valence-electron chi connectivity index (χ4n) is 2.63. The number of rotatable bonds is 2. The van der Waals surface area contributed by atoms with E-state index in [-0.39, 0.29) is 5.41 Å². The summed E-state index contributed by atoms with van der Waals surface area (Å²) in [5.74, 6) is 1.00. The van der Waals surface area contributed by atoms with Gasteiger partial charge in [0.05, 0.1) is 24.6 Å². The number of pyridine rings is 1. The van der Waals surface area contributed by atoms with Gasteiger partial charge in [-0.05, 0) is 29.7 Å². The Morgan fingerprint density at radius 2 is 1.80 bits per heavy atom. The van der Waals surface area contributed by atoms with Crippen LogP contribution < -0.4 is 4.74 Å². The first-order chi connectivity index (χ1) is 11.6. The van der Waals surface area contributed by atoms with Crippen molar-refractivity contribution in [3.8, 4) is 11.6 Å². The molecule has 0 radical (unpaired) electrons. The van der Waals surface area contributed by atoms with Crippen LogP contribution in [0.15, 0.2) is 36.7 Å². The summed E-state index contributed by atoms with van der Waals surface area (Å²) in [5, 5.41) is 5.59. The molecule has 0 aliphatic heterocycles. The van der Waals surface area contributed by atoms with Crippen molar-refractivity contribution in [3.63, 3.8) is 0 Å². The van der Waals surface area contributed by atoms with Gasteiger partial charge in [0.2, 0.25) is 0 Å². The second-order valence-electron chi connectivity index (χ2n) is 6.84. The van der Waals surface area contributed by atoms with Crippen LogP contribution in [0.4, 0.5) is 13.2 Å². The van der Waals surface area contributed by atoms with Gasteiger partial charge in [-0.2, -0.15) is 18.3 Å². The maximum atomic E-state index is 12.8. The molecule has 0 spiro atoms. The van der Waals surface area contributed by atoms with Crippen LogP contribution in [0.1, 0.15) is 32.0 Å². The molecular weight excluding hydrogens is 331 g/mol. The topological polar surface area (TPSA) is 39.9 Å². The van der Waals surface area contributed by atoms with Gasteiger partial charge in [-0.1, -0.05) is 20.8 Å². The van der Waals surface area contributed by atoms with Gasteiger partial charge in [0.1, 0.15) is 5.75 Å². The van der Waals surface area contributed by atoms with Crippen molar-refractivity contribution in [2.75, 3.05) is 7.11 Å². The Morgan fingerprint density at radius 3 is 2.36 bits per heavy atom. The standard InChI is InChI=1S/C18H18F3N3O/c1-17(2,3)16-14-6-5-13(25-4)7-11(14)8-15(23-16)24-10-12(9-22-24)18(19,20)21/h5-10H,1-4H3. The summed E-state index contributed by atoms with van der Waals surface area (Å²) in [6.07, 6.45) is -2.69. The third-order valence-corrected chi connectivity index (χ3v) is 3.88. The third kappa shape index (κ3) is 3.31. The molecular formula is C18H18F3N3O. The van der Waals surface area contributed by atoms with Crippen LogP contribution >= 0.6 is 0 Å². The van der Waals surface area contributed by atoms with Gasteiger partial charge in [-0.3, -0.25) is 0 Å². The average molecular weight is 349 g/mol. The van der Waals surface area contributed by atoms with E-state index in [9.17, 15) is 13.2 Å². The van der Waals surface area contributed by atoms with Crippen LogP contribution in [0.25, 0.3) is 16.6 Å². The number of hydrogen-bond acceptors (Lipinski definition) is 3. The molecule has 0 atom stereocenters. The Hall–Kier alpha value is -2.57. The van der Waals surface area contributed by atoms with Crippen LogP contribution in [-0.2, 0) is 11.6 Å². The molecule has 0 unspecified atom stereocenters. The van der Waals surface area contributed by atoms with Crippen LogP contribution in [-0.4, -0.2) is 21.9 Å². The Labute approximate surface area is 143 Å². The van der Waals surface area contributed by atoms with Gasteiger partial charge in [0, 0.05) is 17.0 Å². The number of aromatic nitrogens is 3. The van der Waals surface area contributed by atoms with E-state index in [1.165, 1.54) is 0 Å². The zero-order valence-electron chi connectivity index (χ0n) is 14.3. The molecule has 7 heteroatoms. The smallest absolute Gasteiger partial charge is 0.419 e. The lowest BCUT2D eigenvalue weighted by atomic mass is 9.88. The lowest BCUT2D eigenvalue weighted by Gasteiger charge is -2.21. The van der Waals surface area contributed by atoms with Gasteiger partial charge in [-0.25, -0.2) is 9.67 Å². The Bertz CT molecular complexity index is 923. The maximum Gasteiger partial charge on any atom is 0.419 e. The quantitative estimate of drug-likeness (QED) is 0.670. The molecule has 0 saturated heterocycles. The third-order valence-electron chi connectivity index (χ3n) is 3.88. The number of benzene rings is 1. The van der Waals surface area contributed by atoms with Gasteiger partial charge in [0.25, 0.3) is 0 Å². The Morgan fingerprint density at radius 1 is 1.08 bits per heavy atom.